The highest BCUT2D eigenvalue weighted by molar-refractivity contribution is 5.80. The van der Waals surface area contributed by atoms with Gasteiger partial charge in [0, 0.05) is 44.8 Å². The molecule has 1 amide bonds. The third-order valence-corrected chi connectivity index (χ3v) is 4.73. The Morgan fingerprint density at radius 3 is 2.83 bits per heavy atom. The predicted molar refractivity (Wildman–Crippen MR) is 116 cm³/mol. The maximum atomic E-state index is 11.7. The molecule has 2 rings (SSSR count). The number of amides is 1. The molecule has 0 aromatic heterocycles. The van der Waals surface area contributed by atoms with Gasteiger partial charge in [0.2, 0.25) is 5.91 Å². The molecule has 162 valence electrons. The minimum absolute atomic E-state index is 0.279. The van der Waals surface area contributed by atoms with Crippen LogP contribution in [0.15, 0.2) is 23.2 Å². The van der Waals surface area contributed by atoms with Gasteiger partial charge in [-0.15, -0.1) is 0 Å². The summed E-state index contributed by atoms with van der Waals surface area (Å²) in [6, 6.07) is 6.19. The van der Waals surface area contributed by atoms with E-state index in [0.717, 1.165) is 61.9 Å². The van der Waals surface area contributed by atoms with Crippen LogP contribution in [-0.4, -0.2) is 62.8 Å². The Labute approximate surface area is 174 Å². The van der Waals surface area contributed by atoms with E-state index in [0.29, 0.717) is 32.8 Å². The van der Waals surface area contributed by atoms with Gasteiger partial charge in [-0.25, -0.2) is 4.99 Å². The van der Waals surface area contributed by atoms with Crippen molar-refractivity contribution in [2.45, 2.75) is 46.6 Å². The van der Waals surface area contributed by atoms with Crippen LogP contribution in [0.4, 0.5) is 0 Å². The van der Waals surface area contributed by atoms with Gasteiger partial charge < -0.3 is 25.0 Å². The largest absolute Gasteiger partial charge is 0.491 e. The Morgan fingerprint density at radius 1 is 1.24 bits per heavy atom. The van der Waals surface area contributed by atoms with Crippen LogP contribution in [0.5, 0.6) is 5.75 Å². The number of benzene rings is 1. The van der Waals surface area contributed by atoms with Gasteiger partial charge >= 0.3 is 0 Å². The number of hydrogen-bond donors (Lipinski definition) is 2. The van der Waals surface area contributed by atoms with Crippen molar-refractivity contribution in [2.24, 2.45) is 4.99 Å². The molecule has 1 saturated heterocycles. The smallest absolute Gasteiger partial charge is 0.222 e. The Morgan fingerprint density at radius 2 is 2.10 bits per heavy atom. The summed E-state index contributed by atoms with van der Waals surface area (Å²) >= 11 is 0. The molecular weight excluding hydrogens is 368 g/mol. The standard InChI is InChI=1S/C22H36N4O3/c1-4-23-22(24-11-7-13-26-12-6-8-21(26)27)25-17-19-10-9-18(3)16-20(19)29-15-14-28-5-2/h9-10,16H,4-8,11-15,17H2,1-3H3,(H2,23,24,25). The molecule has 2 N–H and O–H groups in total. The van der Waals surface area contributed by atoms with Crippen LogP contribution in [0.2, 0.25) is 0 Å². The molecule has 0 bridgehead atoms. The van der Waals surface area contributed by atoms with Crippen molar-refractivity contribution in [2.75, 3.05) is 46.0 Å². The summed E-state index contributed by atoms with van der Waals surface area (Å²) in [5.74, 6) is 1.92. The number of likely N-dealkylation sites (tertiary alicyclic amines) is 1. The van der Waals surface area contributed by atoms with Crippen LogP contribution in [0.1, 0.15) is 44.2 Å². The van der Waals surface area contributed by atoms with E-state index in [2.05, 4.69) is 29.7 Å². The van der Waals surface area contributed by atoms with E-state index in [4.69, 9.17) is 14.5 Å². The van der Waals surface area contributed by atoms with Crippen molar-refractivity contribution in [1.82, 2.24) is 15.5 Å². The zero-order valence-corrected chi connectivity index (χ0v) is 18.1. The normalized spacial score (nSPS) is 14.4. The van der Waals surface area contributed by atoms with Gasteiger partial charge in [0.15, 0.2) is 5.96 Å². The zero-order chi connectivity index (χ0) is 20.9. The van der Waals surface area contributed by atoms with Gasteiger partial charge in [0.05, 0.1) is 13.2 Å². The summed E-state index contributed by atoms with van der Waals surface area (Å²) in [6.45, 7) is 11.7. The summed E-state index contributed by atoms with van der Waals surface area (Å²) < 4.78 is 11.3. The number of hydrogen-bond acceptors (Lipinski definition) is 4. The van der Waals surface area contributed by atoms with Gasteiger partial charge in [-0.3, -0.25) is 4.79 Å². The van der Waals surface area contributed by atoms with Crippen LogP contribution in [0.25, 0.3) is 0 Å². The van der Waals surface area contributed by atoms with E-state index in [-0.39, 0.29) is 5.91 Å². The molecule has 0 atom stereocenters. The number of rotatable bonds is 12. The number of nitrogens with one attached hydrogen (secondary N) is 2. The number of nitrogens with zero attached hydrogens (tertiary/aromatic N) is 2. The lowest BCUT2D eigenvalue weighted by Gasteiger charge is -2.17. The molecule has 7 heteroatoms. The van der Waals surface area contributed by atoms with E-state index in [1.54, 1.807) is 0 Å². The summed E-state index contributed by atoms with van der Waals surface area (Å²) in [5.41, 5.74) is 2.21. The molecule has 0 radical (unpaired) electrons. The minimum Gasteiger partial charge on any atom is -0.491 e. The Balaban J connectivity index is 1.86. The van der Waals surface area contributed by atoms with E-state index in [1.165, 1.54) is 0 Å². The molecule has 0 spiro atoms. The first-order chi connectivity index (χ1) is 14.1. The topological polar surface area (TPSA) is 75.2 Å². The van der Waals surface area contributed by atoms with Crippen LogP contribution < -0.4 is 15.4 Å². The third kappa shape index (κ3) is 8.31. The molecule has 0 saturated carbocycles. The van der Waals surface area contributed by atoms with E-state index in [1.807, 2.05) is 24.8 Å². The summed E-state index contributed by atoms with van der Waals surface area (Å²) in [5, 5.41) is 6.64. The second kappa shape index (κ2) is 13.0. The molecule has 1 aromatic carbocycles. The van der Waals surface area contributed by atoms with Crippen molar-refractivity contribution >= 4 is 11.9 Å². The Hall–Kier alpha value is -2.28. The quantitative estimate of drug-likeness (QED) is 0.318. The Kier molecular flexibility index (Phi) is 10.3. The van der Waals surface area contributed by atoms with Crippen LogP contribution in [-0.2, 0) is 16.1 Å². The number of aliphatic imine (C=N–C) groups is 1. The van der Waals surface area contributed by atoms with Gasteiger partial charge in [-0.05, 0) is 45.2 Å². The van der Waals surface area contributed by atoms with E-state index in [9.17, 15) is 4.79 Å². The van der Waals surface area contributed by atoms with Gasteiger partial charge in [-0.1, -0.05) is 12.1 Å². The number of carbonyl (C=O) groups is 1. The molecule has 1 fully saturated rings. The zero-order valence-electron chi connectivity index (χ0n) is 18.1. The average molecular weight is 405 g/mol. The maximum absolute atomic E-state index is 11.7. The second-order valence-electron chi connectivity index (χ2n) is 7.12. The molecule has 1 aliphatic rings. The minimum atomic E-state index is 0.279. The molecule has 1 aromatic rings. The highest BCUT2D eigenvalue weighted by atomic mass is 16.5. The number of aryl methyl sites for hydroxylation is 1. The van der Waals surface area contributed by atoms with Crippen molar-refractivity contribution in [3.63, 3.8) is 0 Å². The van der Waals surface area contributed by atoms with Crippen LogP contribution in [0.3, 0.4) is 0 Å². The first kappa shape index (κ1) is 23.0. The lowest BCUT2D eigenvalue weighted by molar-refractivity contribution is -0.127. The van der Waals surface area contributed by atoms with Crippen molar-refractivity contribution in [1.29, 1.82) is 0 Å². The van der Waals surface area contributed by atoms with E-state index >= 15 is 0 Å². The first-order valence-electron chi connectivity index (χ1n) is 10.7. The highest BCUT2D eigenvalue weighted by Crippen LogP contribution is 2.21. The van der Waals surface area contributed by atoms with Crippen molar-refractivity contribution in [3.05, 3.63) is 29.3 Å². The molecule has 1 aliphatic heterocycles. The van der Waals surface area contributed by atoms with Crippen molar-refractivity contribution < 1.29 is 14.3 Å². The fourth-order valence-corrected chi connectivity index (χ4v) is 3.20. The number of guanidine groups is 1. The second-order valence-corrected chi connectivity index (χ2v) is 7.12. The summed E-state index contributed by atoms with van der Waals surface area (Å²) in [7, 11) is 0. The molecule has 1 heterocycles. The molecule has 0 unspecified atom stereocenters. The van der Waals surface area contributed by atoms with Gasteiger partial charge in [0.25, 0.3) is 0 Å². The average Bonchev–Trinajstić information content (AvgIpc) is 3.12. The lowest BCUT2D eigenvalue weighted by Crippen LogP contribution is -2.39. The third-order valence-electron chi connectivity index (χ3n) is 4.73. The number of ether oxygens (including phenoxy) is 2. The van der Waals surface area contributed by atoms with E-state index < -0.39 is 0 Å². The molecule has 7 nitrogen and oxygen atoms in total. The molecule has 0 aliphatic carbocycles. The summed E-state index contributed by atoms with van der Waals surface area (Å²) in [6.07, 6.45) is 2.59. The van der Waals surface area contributed by atoms with Crippen LogP contribution in [0, 0.1) is 6.92 Å². The first-order valence-corrected chi connectivity index (χ1v) is 10.7. The van der Waals surface area contributed by atoms with Gasteiger partial charge in [-0.2, -0.15) is 0 Å². The SMILES string of the molecule is CCNC(=NCc1ccc(C)cc1OCCOCC)NCCCN1CCCC1=O. The maximum Gasteiger partial charge on any atom is 0.222 e. The predicted octanol–water partition coefficient (Wildman–Crippen LogP) is 2.48. The van der Waals surface area contributed by atoms with Crippen LogP contribution >= 0.6 is 0 Å². The molecule has 29 heavy (non-hydrogen) atoms. The van der Waals surface area contributed by atoms with Crippen molar-refractivity contribution in [3.8, 4) is 5.75 Å². The highest BCUT2D eigenvalue weighted by Gasteiger charge is 2.18. The van der Waals surface area contributed by atoms with Gasteiger partial charge in [0.1, 0.15) is 12.4 Å². The fraction of sp³-hybridized carbons (Fsp3) is 0.636. The lowest BCUT2D eigenvalue weighted by atomic mass is 10.1. The fourth-order valence-electron chi connectivity index (χ4n) is 3.20. The summed E-state index contributed by atoms with van der Waals surface area (Å²) in [4.78, 5) is 18.3. The Bertz CT molecular complexity index is 663. The number of carbonyl (C=O) groups excluding carboxylic acids is 1. The molecular formula is C22H36N4O3. The monoisotopic (exact) mass is 404 g/mol.